The number of anilines is 1. The molecule has 0 saturated heterocycles. The Morgan fingerprint density at radius 3 is 2.35 bits per heavy atom. The van der Waals surface area contributed by atoms with Crippen molar-refractivity contribution in [2.75, 3.05) is 5.32 Å². The summed E-state index contributed by atoms with van der Waals surface area (Å²) >= 11 is 5.84. The van der Waals surface area contributed by atoms with Crippen molar-refractivity contribution in [3.63, 3.8) is 0 Å². The van der Waals surface area contributed by atoms with Gasteiger partial charge in [-0.25, -0.2) is 4.99 Å². The number of fused-ring (bicyclic) bond motifs is 1. The fourth-order valence-electron chi connectivity index (χ4n) is 2.35. The van der Waals surface area contributed by atoms with Crippen LogP contribution < -0.4 is 48.1 Å². The van der Waals surface area contributed by atoms with Crippen LogP contribution in [-0.4, -0.2) is 12.2 Å². The molecule has 1 aliphatic rings. The molecule has 0 fully saturated rings. The average Bonchev–Trinajstić information content (AvgIpc) is 2.53. The molecule has 1 N–H and O–H groups in total. The third-order valence-electron chi connectivity index (χ3n) is 3.45. The van der Waals surface area contributed by atoms with E-state index in [1.54, 1.807) is 30.3 Å². The zero-order chi connectivity index (χ0) is 17.4. The van der Waals surface area contributed by atoms with E-state index in [0.29, 0.717) is 5.56 Å². The fourth-order valence-corrected chi connectivity index (χ4v) is 2.52. The quantitative estimate of drug-likeness (QED) is 0.409. The second-order valence-electron chi connectivity index (χ2n) is 5.06. The molecule has 0 amide bonds. The molecular weight excluding hydrogens is 355 g/mol. The van der Waals surface area contributed by atoms with Gasteiger partial charge in [-0.3, -0.25) is 0 Å². The third-order valence-corrected chi connectivity index (χ3v) is 3.69. The normalized spacial score (nSPS) is 17.9. The van der Waals surface area contributed by atoms with Gasteiger partial charge in [0.2, 0.25) is 5.54 Å². The molecule has 2 aromatic rings. The van der Waals surface area contributed by atoms with Gasteiger partial charge in [-0.05, 0) is 30.3 Å². The number of nitrogens with one attached hydrogen (secondary N) is 1. The number of hydrogen-bond donors (Lipinski definition) is 1. The first-order valence-electron chi connectivity index (χ1n) is 6.81. The van der Waals surface area contributed by atoms with Gasteiger partial charge >= 0.3 is 43.9 Å². The van der Waals surface area contributed by atoms with Crippen molar-refractivity contribution in [2.45, 2.75) is 11.7 Å². The monoisotopic (exact) mass is 363 g/mol. The zero-order valence-corrected chi connectivity index (χ0v) is 14.7. The van der Waals surface area contributed by atoms with E-state index >= 15 is 0 Å². The first-order chi connectivity index (χ1) is 11.3. The Hall–Kier alpha value is -1.46. The number of benzene rings is 2. The molecule has 26 heavy (non-hydrogen) atoms. The summed E-state index contributed by atoms with van der Waals surface area (Å²) in [4.78, 5) is 3.28. The number of aliphatic imine (C=N–C) groups is 1. The average molecular weight is 364 g/mol. The van der Waals surface area contributed by atoms with Crippen molar-refractivity contribution >= 4 is 23.3 Å². The van der Waals surface area contributed by atoms with E-state index in [2.05, 4.69) is 22.2 Å². The maximum atomic E-state index is 13.9. The van der Waals surface area contributed by atoms with Crippen LogP contribution in [0.1, 0.15) is 11.1 Å². The molecule has 9 heteroatoms. The Labute approximate surface area is 177 Å². The van der Waals surface area contributed by atoms with Crippen molar-refractivity contribution in [2.24, 2.45) is 4.99 Å². The smallest absolute Gasteiger partial charge is 0.846 e. The first kappa shape index (κ1) is 22.6. The molecule has 0 aromatic heterocycles. The number of rotatable bonds is 0. The Morgan fingerprint density at radius 1 is 1.08 bits per heavy atom. The molecule has 1 unspecified atom stereocenters. The fraction of sp³-hybridized carbons (Fsp3) is 0.118. The van der Waals surface area contributed by atoms with Crippen LogP contribution in [0.4, 0.5) is 18.9 Å². The van der Waals surface area contributed by atoms with Gasteiger partial charge in [-0.15, -0.1) is 0 Å². The molecule has 122 valence electrons. The Morgan fingerprint density at radius 2 is 1.73 bits per heavy atom. The van der Waals surface area contributed by atoms with Crippen LogP contribution in [0.5, 0.6) is 0 Å². The summed E-state index contributed by atoms with van der Waals surface area (Å²) in [6.07, 6.45) is -4.90. The van der Waals surface area contributed by atoms with Gasteiger partial charge in [-0.1, -0.05) is 41.6 Å². The van der Waals surface area contributed by atoms with Gasteiger partial charge in [0.1, 0.15) is 0 Å². The molecule has 0 saturated carbocycles. The first-order valence-corrected chi connectivity index (χ1v) is 7.18. The molecule has 0 aliphatic carbocycles. The largest absolute Gasteiger partial charge is 1.00 e. The number of halogens is 4. The van der Waals surface area contributed by atoms with Crippen molar-refractivity contribution in [1.82, 2.24) is 0 Å². The second kappa shape index (κ2) is 8.49. The van der Waals surface area contributed by atoms with Gasteiger partial charge in [0.25, 0.3) is 0 Å². The summed E-state index contributed by atoms with van der Waals surface area (Å²) in [5.74, 6) is 4.60. The number of hydrogen-bond acceptors (Lipinski definition) is 3. The molecule has 2 aromatic carbocycles. The van der Waals surface area contributed by atoms with Gasteiger partial charge < -0.3 is 10.4 Å². The minimum atomic E-state index is -4.90. The van der Waals surface area contributed by atoms with Crippen LogP contribution in [0.3, 0.4) is 0 Å². The standard InChI is InChI=1S/C17H10ClF3N2O.2Li/c18-12-6-7-14-13(10-12)16(17(19,20)21,23-15(24)22-14)9-8-11-4-2-1-3-5-11;;/h1-7,10H,(H2,22,23,24);;/q;2*+1/p-1. The summed E-state index contributed by atoms with van der Waals surface area (Å²) < 4.78 is 41.6. The van der Waals surface area contributed by atoms with Gasteiger partial charge in [0, 0.05) is 21.8 Å². The number of amidine groups is 1. The predicted molar refractivity (Wildman–Crippen MR) is 83.6 cm³/mol. The van der Waals surface area contributed by atoms with Crippen LogP contribution in [0, 0.1) is 11.8 Å². The maximum absolute atomic E-state index is 13.9. The van der Waals surface area contributed by atoms with Crippen LogP contribution in [-0.2, 0) is 5.54 Å². The Kier molecular flexibility index (Phi) is 7.37. The minimum absolute atomic E-state index is 0. The Balaban J connectivity index is 0.00000169. The summed E-state index contributed by atoms with van der Waals surface area (Å²) in [6.45, 7) is 0. The topological polar surface area (TPSA) is 47.5 Å². The van der Waals surface area contributed by atoms with Gasteiger partial charge in [-0.2, -0.15) is 13.2 Å². The van der Waals surface area contributed by atoms with E-state index in [1.807, 2.05) is 0 Å². The van der Waals surface area contributed by atoms with E-state index in [4.69, 9.17) is 11.6 Å². The molecule has 0 radical (unpaired) electrons. The van der Waals surface area contributed by atoms with Crippen LogP contribution in [0.2, 0.25) is 5.02 Å². The maximum Gasteiger partial charge on any atom is 1.00 e. The summed E-state index contributed by atoms with van der Waals surface area (Å²) in [5.41, 5.74) is -2.90. The van der Waals surface area contributed by atoms with Crippen LogP contribution >= 0.6 is 11.6 Å². The molecule has 1 heterocycles. The molecule has 3 rings (SSSR count). The van der Waals surface area contributed by atoms with E-state index in [0.717, 1.165) is 6.07 Å². The summed E-state index contributed by atoms with van der Waals surface area (Å²) in [7, 11) is 0. The van der Waals surface area contributed by atoms with Crippen molar-refractivity contribution in [1.29, 1.82) is 0 Å². The van der Waals surface area contributed by atoms with Crippen molar-refractivity contribution in [3.8, 4) is 11.8 Å². The number of alkyl halides is 3. The molecular formula is C17H9ClF3Li2N2O+. The summed E-state index contributed by atoms with van der Waals surface area (Å²) in [6, 6.07) is 10.9. The summed E-state index contributed by atoms with van der Waals surface area (Å²) in [5, 5.41) is 14.1. The molecule has 0 spiro atoms. The minimum Gasteiger partial charge on any atom is -0.846 e. The van der Waals surface area contributed by atoms with E-state index in [9.17, 15) is 18.3 Å². The van der Waals surface area contributed by atoms with E-state index in [-0.39, 0.29) is 54.0 Å². The van der Waals surface area contributed by atoms with E-state index in [1.165, 1.54) is 12.1 Å². The SMILES string of the molecule is [Li+].[Li+].[O-]C1=NC(C#Cc2ccccc2)(C(F)(F)F)c2cc(Cl)ccc2N1. The zero-order valence-electron chi connectivity index (χ0n) is 14.0. The third kappa shape index (κ3) is 4.26. The molecule has 3 nitrogen and oxygen atoms in total. The second-order valence-corrected chi connectivity index (χ2v) is 5.49. The number of nitrogens with zero attached hydrogens (tertiary/aromatic N) is 1. The van der Waals surface area contributed by atoms with Crippen molar-refractivity contribution in [3.05, 3.63) is 64.7 Å². The van der Waals surface area contributed by atoms with Crippen molar-refractivity contribution < 1.29 is 56.0 Å². The van der Waals surface area contributed by atoms with Gasteiger partial charge in [0.15, 0.2) is 0 Å². The van der Waals surface area contributed by atoms with E-state index < -0.39 is 17.7 Å². The molecule has 0 bridgehead atoms. The predicted octanol–water partition coefficient (Wildman–Crippen LogP) is -2.70. The molecule has 1 aliphatic heterocycles. The van der Waals surface area contributed by atoms with Gasteiger partial charge in [0.05, 0.1) is 6.02 Å². The van der Waals surface area contributed by atoms with Crippen LogP contribution in [0.25, 0.3) is 0 Å². The Bertz CT molecular complexity index is 879. The van der Waals surface area contributed by atoms with Crippen LogP contribution in [0.15, 0.2) is 53.5 Å². The molecule has 1 atom stereocenters.